The summed E-state index contributed by atoms with van der Waals surface area (Å²) < 4.78 is 5.12. The van der Waals surface area contributed by atoms with Crippen LogP contribution in [0.5, 0.6) is 0 Å². The van der Waals surface area contributed by atoms with Gasteiger partial charge in [-0.05, 0) is 30.7 Å². The van der Waals surface area contributed by atoms with E-state index in [2.05, 4.69) is 10.3 Å². The van der Waals surface area contributed by atoms with Gasteiger partial charge in [-0.15, -0.1) is 0 Å². The normalized spacial score (nSPS) is 9.90. The first-order valence-electron chi connectivity index (χ1n) is 6.68. The molecule has 0 spiro atoms. The molecular formula is C16H16N2O3. The molecule has 0 unspecified atom stereocenters. The molecule has 0 saturated heterocycles. The van der Waals surface area contributed by atoms with E-state index in [1.807, 2.05) is 6.07 Å². The van der Waals surface area contributed by atoms with Gasteiger partial charge in [0.05, 0.1) is 12.2 Å². The summed E-state index contributed by atoms with van der Waals surface area (Å²) in [6.07, 6.45) is 3.70. The Balaban J connectivity index is 1.64. The van der Waals surface area contributed by atoms with Crippen molar-refractivity contribution in [1.29, 1.82) is 0 Å². The second-order valence-electron chi connectivity index (χ2n) is 4.35. The highest BCUT2D eigenvalue weighted by Crippen LogP contribution is 2.01. The van der Waals surface area contributed by atoms with Gasteiger partial charge in [0, 0.05) is 24.5 Å². The van der Waals surface area contributed by atoms with Gasteiger partial charge in [-0.1, -0.05) is 18.2 Å². The Kier molecular flexibility index (Phi) is 5.46. The zero-order chi connectivity index (χ0) is 14.9. The number of carbonyl (C=O) groups excluding carboxylic acids is 2. The fraction of sp³-hybridized carbons (Fsp3) is 0.188. The molecule has 1 heterocycles. The highest BCUT2D eigenvalue weighted by atomic mass is 16.5. The summed E-state index contributed by atoms with van der Waals surface area (Å²) >= 11 is 0. The van der Waals surface area contributed by atoms with Gasteiger partial charge in [-0.3, -0.25) is 9.78 Å². The van der Waals surface area contributed by atoms with Crippen LogP contribution in [0.3, 0.4) is 0 Å². The number of hydrogen-bond donors (Lipinski definition) is 1. The molecule has 0 saturated carbocycles. The maximum absolute atomic E-state index is 11.7. The Morgan fingerprint density at radius 1 is 1.00 bits per heavy atom. The zero-order valence-electron chi connectivity index (χ0n) is 11.5. The third-order valence-corrected chi connectivity index (χ3v) is 2.79. The van der Waals surface area contributed by atoms with Crippen molar-refractivity contribution in [2.45, 2.75) is 6.42 Å². The van der Waals surface area contributed by atoms with E-state index < -0.39 is 0 Å². The van der Waals surface area contributed by atoms with Crippen molar-refractivity contribution in [3.63, 3.8) is 0 Å². The van der Waals surface area contributed by atoms with Gasteiger partial charge in [0.25, 0.3) is 5.91 Å². The van der Waals surface area contributed by atoms with Gasteiger partial charge in [-0.25, -0.2) is 4.79 Å². The first-order valence-corrected chi connectivity index (χ1v) is 6.68. The summed E-state index contributed by atoms with van der Waals surface area (Å²) in [5.41, 5.74) is 1.09. The van der Waals surface area contributed by atoms with Crippen molar-refractivity contribution in [2.75, 3.05) is 13.2 Å². The Hall–Kier alpha value is -2.69. The molecule has 0 aliphatic carbocycles. The number of aromatic nitrogens is 1. The van der Waals surface area contributed by atoms with Crippen molar-refractivity contribution >= 4 is 11.9 Å². The summed E-state index contributed by atoms with van der Waals surface area (Å²) in [4.78, 5) is 27.2. The highest BCUT2D eigenvalue weighted by molar-refractivity contribution is 5.93. The van der Waals surface area contributed by atoms with Crippen LogP contribution in [0.15, 0.2) is 54.9 Å². The number of amides is 1. The third kappa shape index (κ3) is 4.72. The van der Waals surface area contributed by atoms with E-state index in [1.54, 1.807) is 48.8 Å². The maximum Gasteiger partial charge on any atom is 0.338 e. The van der Waals surface area contributed by atoms with Gasteiger partial charge in [0.2, 0.25) is 0 Å². The number of rotatable bonds is 6. The van der Waals surface area contributed by atoms with Crippen molar-refractivity contribution in [3.8, 4) is 0 Å². The maximum atomic E-state index is 11.7. The number of nitrogens with zero attached hydrogens (tertiary/aromatic N) is 1. The molecule has 108 valence electrons. The molecule has 5 heteroatoms. The van der Waals surface area contributed by atoms with Gasteiger partial charge >= 0.3 is 5.97 Å². The molecular weight excluding hydrogens is 268 g/mol. The van der Waals surface area contributed by atoms with E-state index in [0.717, 1.165) is 0 Å². The van der Waals surface area contributed by atoms with Crippen LogP contribution in [0, 0.1) is 0 Å². The summed E-state index contributed by atoms with van der Waals surface area (Å²) in [5, 5.41) is 2.75. The number of pyridine rings is 1. The predicted octanol–water partition coefficient (Wildman–Crippen LogP) is 2.06. The van der Waals surface area contributed by atoms with Crippen molar-refractivity contribution < 1.29 is 14.3 Å². The number of benzene rings is 1. The summed E-state index contributed by atoms with van der Waals surface area (Å²) in [7, 11) is 0. The highest BCUT2D eigenvalue weighted by Gasteiger charge is 2.06. The van der Waals surface area contributed by atoms with Crippen LogP contribution in [0.2, 0.25) is 0 Å². The molecule has 0 atom stereocenters. The second-order valence-corrected chi connectivity index (χ2v) is 4.35. The molecule has 0 radical (unpaired) electrons. The lowest BCUT2D eigenvalue weighted by molar-refractivity contribution is 0.0501. The van der Waals surface area contributed by atoms with Gasteiger partial charge in [-0.2, -0.15) is 0 Å². The third-order valence-electron chi connectivity index (χ3n) is 2.79. The van der Waals surface area contributed by atoms with Crippen LogP contribution in [0.25, 0.3) is 0 Å². The largest absolute Gasteiger partial charge is 0.462 e. The Morgan fingerprint density at radius 3 is 2.43 bits per heavy atom. The van der Waals surface area contributed by atoms with Crippen LogP contribution in [0.1, 0.15) is 27.1 Å². The Labute approximate surface area is 123 Å². The van der Waals surface area contributed by atoms with Crippen molar-refractivity contribution in [2.24, 2.45) is 0 Å². The van der Waals surface area contributed by atoms with E-state index in [1.165, 1.54) is 0 Å². The van der Waals surface area contributed by atoms with Crippen LogP contribution >= 0.6 is 0 Å². The number of nitrogens with one attached hydrogen (secondary N) is 1. The van der Waals surface area contributed by atoms with Gasteiger partial charge < -0.3 is 10.1 Å². The van der Waals surface area contributed by atoms with E-state index in [4.69, 9.17) is 4.74 Å². The molecule has 0 aliphatic rings. The summed E-state index contributed by atoms with van der Waals surface area (Å²) in [6, 6.07) is 12.1. The molecule has 0 fully saturated rings. The quantitative estimate of drug-likeness (QED) is 0.651. The number of hydrogen-bond acceptors (Lipinski definition) is 4. The number of carbonyl (C=O) groups is 2. The monoisotopic (exact) mass is 284 g/mol. The Bertz CT molecular complexity index is 531. The average molecular weight is 284 g/mol. The molecule has 1 aromatic heterocycles. The van der Waals surface area contributed by atoms with E-state index in [-0.39, 0.29) is 18.5 Å². The predicted molar refractivity (Wildman–Crippen MR) is 77.9 cm³/mol. The average Bonchev–Trinajstić information content (AvgIpc) is 2.55. The van der Waals surface area contributed by atoms with Crippen LogP contribution in [-0.2, 0) is 4.74 Å². The van der Waals surface area contributed by atoms with E-state index in [9.17, 15) is 9.59 Å². The Morgan fingerprint density at radius 2 is 1.71 bits per heavy atom. The molecule has 21 heavy (non-hydrogen) atoms. The van der Waals surface area contributed by atoms with Gasteiger partial charge in [0.1, 0.15) is 0 Å². The number of esters is 1. The van der Waals surface area contributed by atoms with E-state index >= 15 is 0 Å². The molecule has 2 aromatic rings. The molecule has 5 nitrogen and oxygen atoms in total. The van der Waals surface area contributed by atoms with E-state index in [0.29, 0.717) is 24.1 Å². The van der Waals surface area contributed by atoms with Crippen LogP contribution in [-0.4, -0.2) is 30.0 Å². The molecule has 0 aliphatic heterocycles. The molecule has 2 rings (SSSR count). The van der Waals surface area contributed by atoms with Crippen LogP contribution < -0.4 is 5.32 Å². The lowest BCUT2D eigenvalue weighted by Crippen LogP contribution is -2.25. The molecule has 0 bridgehead atoms. The minimum atomic E-state index is -0.351. The van der Waals surface area contributed by atoms with Gasteiger partial charge in [0.15, 0.2) is 0 Å². The van der Waals surface area contributed by atoms with Crippen molar-refractivity contribution in [3.05, 3.63) is 66.0 Å². The zero-order valence-corrected chi connectivity index (χ0v) is 11.5. The van der Waals surface area contributed by atoms with Crippen molar-refractivity contribution in [1.82, 2.24) is 10.3 Å². The smallest absolute Gasteiger partial charge is 0.338 e. The lowest BCUT2D eigenvalue weighted by Gasteiger charge is -2.06. The lowest BCUT2D eigenvalue weighted by atomic mass is 10.2. The minimum absolute atomic E-state index is 0.160. The topological polar surface area (TPSA) is 68.3 Å². The molecule has 1 aromatic carbocycles. The fourth-order valence-electron chi connectivity index (χ4n) is 1.70. The molecule has 1 N–H and O–H groups in total. The summed E-state index contributed by atoms with van der Waals surface area (Å²) in [5.74, 6) is -0.511. The fourth-order valence-corrected chi connectivity index (χ4v) is 1.70. The standard InChI is InChI=1S/C16H16N2O3/c19-15(13-7-10-17-11-8-13)18-9-4-12-21-16(20)14-5-2-1-3-6-14/h1-3,5-8,10-11H,4,9,12H2,(H,18,19). The first-order chi connectivity index (χ1) is 10.3. The molecule has 1 amide bonds. The summed E-state index contributed by atoms with van der Waals surface area (Å²) in [6.45, 7) is 0.716. The number of ether oxygens (including phenoxy) is 1. The second kappa shape index (κ2) is 7.79. The first kappa shape index (κ1) is 14.7. The SMILES string of the molecule is O=C(NCCCOC(=O)c1ccccc1)c1ccncc1. The minimum Gasteiger partial charge on any atom is -0.462 e. The van der Waals surface area contributed by atoms with Crippen LogP contribution in [0.4, 0.5) is 0 Å².